The van der Waals surface area contributed by atoms with Crippen molar-refractivity contribution in [2.24, 2.45) is 0 Å². The number of aromatic nitrogens is 1. The molecule has 2 heterocycles. The van der Waals surface area contributed by atoms with Gasteiger partial charge in [-0.05, 0) is 34.8 Å². The van der Waals surface area contributed by atoms with Crippen LogP contribution in [0.2, 0.25) is 5.15 Å². The molecule has 1 fully saturated rings. The molecule has 2 rings (SSSR count). The van der Waals surface area contributed by atoms with Crippen LogP contribution in [0, 0.1) is 0 Å². The van der Waals surface area contributed by atoms with E-state index in [2.05, 4.69) is 20.9 Å². The molecular formula is C12H12BrClN2O3. The molecular weight excluding hydrogens is 336 g/mol. The van der Waals surface area contributed by atoms with Gasteiger partial charge in [0.25, 0.3) is 5.91 Å². The van der Waals surface area contributed by atoms with Crippen molar-refractivity contribution in [2.75, 3.05) is 13.7 Å². The second kappa shape index (κ2) is 5.88. The van der Waals surface area contributed by atoms with Crippen molar-refractivity contribution < 1.29 is 14.3 Å². The summed E-state index contributed by atoms with van der Waals surface area (Å²) >= 11 is 9.18. The molecule has 1 unspecified atom stereocenters. The van der Waals surface area contributed by atoms with Crippen LogP contribution in [-0.4, -0.2) is 41.5 Å². The monoisotopic (exact) mass is 346 g/mol. The van der Waals surface area contributed by atoms with Gasteiger partial charge >= 0.3 is 5.97 Å². The highest BCUT2D eigenvalue weighted by atomic mass is 79.9. The van der Waals surface area contributed by atoms with Crippen molar-refractivity contribution >= 4 is 39.4 Å². The molecule has 102 valence electrons. The Bertz CT molecular complexity index is 524. The Labute approximate surface area is 124 Å². The predicted octanol–water partition coefficient (Wildman–Crippen LogP) is 2.28. The van der Waals surface area contributed by atoms with Crippen LogP contribution >= 0.6 is 27.5 Å². The summed E-state index contributed by atoms with van der Waals surface area (Å²) in [4.78, 5) is 29.5. The molecule has 0 radical (unpaired) electrons. The van der Waals surface area contributed by atoms with Gasteiger partial charge in [0.1, 0.15) is 11.2 Å². The van der Waals surface area contributed by atoms with Crippen LogP contribution < -0.4 is 0 Å². The number of carbonyl (C=O) groups is 2. The highest BCUT2D eigenvalue weighted by Crippen LogP contribution is 2.25. The van der Waals surface area contributed by atoms with E-state index < -0.39 is 12.0 Å². The van der Waals surface area contributed by atoms with Crippen molar-refractivity contribution in [3.05, 3.63) is 27.5 Å². The number of amides is 1. The Morgan fingerprint density at radius 3 is 3.00 bits per heavy atom. The summed E-state index contributed by atoms with van der Waals surface area (Å²) in [6.45, 7) is 0.515. The lowest BCUT2D eigenvalue weighted by atomic mass is 10.2. The molecule has 1 aromatic rings. The van der Waals surface area contributed by atoms with Gasteiger partial charge in [-0.25, -0.2) is 9.78 Å². The highest BCUT2D eigenvalue weighted by molar-refractivity contribution is 9.10. The Morgan fingerprint density at radius 1 is 1.58 bits per heavy atom. The van der Waals surface area contributed by atoms with E-state index in [1.54, 1.807) is 6.07 Å². The van der Waals surface area contributed by atoms with E-state index in [-0.39, 0.29) is 16.6 Å². The number of carbonyl (C=O) groups excluding carboxylic acids is 2. The first-order chi connectivity index (χ1) is 9.04. The zero-order valence-electron chi connectivity index (χ0n) is 10.2. The summed E-state index contributed by atoms with van der Waals surface area (Å²) in [5.41, 5.74) is 0.284. The number of hydrogen-bond donors (Lipinski definition) is 0. The van der Waals surface area contributed by atoms with E-state index in [1.807, 2.05) is 0 Å². The molecule has 1 aliphatic rings. The van der Waals surface area contributed by atoms with Gasteiger partial charge in [-0.15, -0.1) is 0 Å². The number of nitrogens with zero attached hydrogens (tertiary/aromatic N) is 2. The van der Waals surface area contributed by atoms with Gasteiger partial charge in [0.05, 0.1) is 12.7 Å². The van der Waals surface area contributed by atoms with Crippen LogP contribution in [0.4, 0.5) is 0 Å². The average molecular weight is 348 g/mol. The maximum atomic E-state index is 12.4. The van der Waals surface area contributed by atoms with Crippen molar-refractivity contribution in [3.63, 3.8) is 0 Å². The van der Waals surface area contributed by atoms with E-state index in [0.717, 1.165) is 6.42 Å². The van der Waals surface area contributed by atoms with Crippen LogP contribution in [-0.2, 0) is 9.53 Å². The zero-order valence-corrected chi connectivity index (χ0v) is 12.6. The Morgan fingerprint density at radius 2 is 2.32 bits per heavy atom. The number of likely N-dealkylation sites (tertiary alicyclic amines) is 1. The minimum absolute atomic E-state index is 0.128. The molecule has 0 aromatic carbocycles. The van der Waals surface area contributed by atoms with Crippen molar-refractivity contribution in [3.8, 4) is 0 Å². The molecule has 0 aliphatic carbocycles. The molecule has 1 saturated heterocycles. The molecule has 7 heteroatoms. The topological polar surface area (TPSA) is 59.5 Å². The van der Waals surface area contributed by atoms with Crippen LogP contribution in [0.3, 0.4) is 0 Å². The van der Waals surface area contributed by atoms with Gasteiger partial charge in [0.15, 0.2) is 0 Å². The van der Waals surface area contributed by atoms with E-state index in [9.17, 15) is 9.59 Å². The number of ether oxygens (including phenoxy) is 1. The van der Waals surface area contributed by atoms with E-state index in [4.69, 9.17) is 16.3 Å². The zero-order chi connectivity index (χ0) is 14.0. The number of halogens is 2. The summed E-state index contributed by atoms with van der Waals surface area (Å²) in [5.74, 6) is -0.698. The van der Waals surface area contributed by atoms with Gasteiger partial charge in [0.2, 0.25) is 0 Å². The molecule has 1 atom stereocenters. The van der Waals surface area contributed by atoms with E-state index in [1.165, 1.54) is 18.2 Å². The number of methoxy groups -OCH3 is 1. The third-order valence-electron chi connectivity index (χ3n) is 3.02. The van der Waals surface area contributed by atoms with Crippen LogP contribution in [0.1, 0.15) is 23.2 Å². The first-order valence-electron chi connectivity index (χ1n) is 5.74. The highest BCUT2D eigenvalue weighted by Gasteiger charge is 2.36. The van der Waals surface area contributed by atoms with E-state index in [0.29, 0.717) is 17.4 Å². The SMILES string of the molecule is COC(=O)C1CCCN1C(=O)c1cc(Br)cnc1Cl. The molecule has 0 bridgehead atoms. The molecule has 1 aliphatic heterocycles. The second-order valence-corrected chi connectivity index (χ2v) is 5.45. The fraction of sp³-hybridized carbons (Fsp3) is 0.417. The molecule has 19 heavy (non-hydrogen) atoms. The summed E-state index contributed by atoms with van der Waals surface area (Å²) in [6.07, 6.45) is 2.89. The summed E-state index contributed by atoms with van der Waals surface area (Å²) in [5, 5.41) is 0.128. The van der Waals surface area contributed by atoms with Gasteiger partial charge in [-0.1, -0.05) is 11.6 Å². The molecule has 5 nitrogen and oxygen atoms in total. The molecule has 0 spiro atoms. The lowest BCUT2D eigenvalue weighted by Gasteiger charge is -2.22. The maximum Gasteiger partial charge on any atom is 0.328 e. The number of pyridine rings is 1. The van der Waals surface area contributed by atoms with E-state index >= 15 is 0 Å². The summed E-state index contributed by atoms with van der Waals surface area (Å²) < 4.78 is 5.37. The molecule has 0 N–H and O–H groups in total. The number of esters is 1. The first-order valence-corrected chi connectivity index (χ1v) is 6.91. The third kappa shape index (κ3) is 2.90. The largest absolute Gasteiger partial charge is 0.467 e. The second-order valence-electron chi connectivity index (χ2n) is 4.17. The number of rotatable bonds is 2. The Balaban J connectivity index is 2.28. The summed E-state index contributed by atoms with van der Waals surface area (Å²) in [7, 11) is 1.32. The Hall–Kier alpha value is -1.14. The van der Waals surface area contributed by atoms with Crippen LogP contribution in [0.25, 0.3) is 0 Å². The average Bonchev–Trinajstić information content (AvgIpc) is 2.89. The van der Waals surface area contributed by atoms with Gasteiger partial charge in [0, 0.05) is 17.2 Å². The van der Waals surface area contributed by atoms with Crippen LogP contribution in [0.5, 0.6) is 0 Å². The van der Waals surface area contributed by atoms with Gasteiger partial charge in [-0.2, -0.15) is 0 Å². The fourth-order valence-corrected chi connectivity index (χ4v) is 2.63. The standard InChI is InChI=1S/C12H12BrClN2O3/c1-19-12(18)9-3-2-4-16(9)11(17)8-5-7(13)6-15-10(8)14/h5-6,9H,2-4H2,1H3. The maximum absolute atomic E-state index is 12.4. The van der Waals surface area contributed by atoms with Gasteiger partial charge < -0.3 is 9.64 Å². The quantitative estimate of drug-likeness (QED) is 0.608. The smallest absolute Gasteiger partial charge is 0.328 e. The predicted molar refractivity (Wildman–Crippen MR) is 73.0 cm³/mol. The van der Waals surface area contributed by atoms with Gasteiger partial charge in [-0.3, -0.25) is 4.79 Å². The normalized spacial score (nSPS) is 18.5. The summed E-state index contributed by atoms with van der Waals surface area (Å²) in [6, 6.07) is 1.07. The van der Waals surface area contributed by atoms with Crippen molar-refractivity contribution in [1.82, 2.24) is 9.88 Å². The van der Waals surface area contributed by atoms with Crippen LogP contribution in [0.15, 0.2) is 16.7 Å². The minimum Gasteiger partial charge on any atom is -0.467 e. The fourth-order valence-electron chi connectivity index (χ4n) is 2.12. The molecule has 1 aromatic heterocycles. The first kappa shape index (κ1) is 14.3. The lowest BCUT2D eigenvalue weighted by molar-refractivity contribution is -0.145. The number of hydrogen-bond acceptors (Lipinski definition) is 4. The lowest BCUT2D eigenvalue weighted by Crippen LogP contribution is -2.41. The van der Waals surface area contributed by atoms with Crippen molar-refractivity contribution in [2.45, 2.75) is 18.9 Å². The molecule has 1 amide bonds. The Kier molecular flexibility index (Phi) is 4.42. The molecule has 0 saturated carbocycles. The minimum atomic E-state index is -0.535. The van der Waals surface area contributed by atoms with Crippen molar-refractivity contribution in [1.29, 1.82) is 0 Å². The third-order valence-corrected chi connectivity index (χ3v) is 3.76.